The molecule has 0 bridgehead atoms. The van der Waals surface area contributed by atoms with E-state index in [1.165, 1.54) is 0 Å². The van der Waals surface area contributed by atoms with Crippen LogP contribution in [0.1, 0.15) is 36.3 Å². The molecular formula is C17H21N3O2. The van der Waals surface area contributed by atoms with Gasteiger partial charge in [0.05, 0.1) is 16.8 Å². The lowest BCUT2D eigenvalue weighted by atomic mass is 10.1. The van der Waals surface area contributed by atoms with Crippen molar-refractivity contribution in [2.75, 3.05) is 6.54 Å². The van der Waals surface area contributed by atoms with Crippen LogP contribution in [0, 0.1) is 6.92 Å². The fraction of sp³-hybridized carbons (Fsp3) is 0.353. The van der Waals surface area contributed by atoms with Gasteiger partial charge in [0.2, 0.25) is 5.91 Å². The van der Waals surface area contributed by atoms with E-state index in [0.29, 0.717) is 17.8 Å². The van der Waals surface area contributed by atoms with Gasteiger partial charge in [-0.1, -0.05) is 18.2 Å². The zero-order valence-electron chi connectivity index (χ0n) is 13.1. The normalized spacial score (nSPS) is 10.7. The number of para-hydroxylation sites is 1. The van der Waals surface area contributed by atoms with Crippen molar-refractivity contribution in [2.45, 2.75) is 33.2 Å². The standard InChI is InChI=1S/C17H21N3O2/c1-11(2)19-16(21)8-9-18-17(22)14-10-13-6-4-5-7-15(13)20-12(14)3/h4-7,10-11H,8-9H2,1-3H3,(H,18,22)(H,19,21). The Morgan fingerprint density at radius 1 is 1.23 bits per heavy atom. The first kappa shape index (κ1) is 15.9. The fourth-order valence-electron chi connectivity index (χ4n) is 2.22. The van der Waals surface area contributed by atoms with Gasteiger partial charge in [-0.05, 0) is 32.9 Å². The number of carbonyl (C=O) groups is 2. The minimum atomic E-state index is -0.201. The van der Waals surface area contributed by atoms with E-state index in [1.54, 1.807) is 0 Å². The van der Waals surface area contributed by atoms with Crippen LogP contribution in [-0.2, 0) is 4.79 Å². The quantitative estimate of drug-likeness (QED) is 0.889. The van der Waals surface area contributed by atoms with E-state index in [1.807, 2.05) is 51.1 Å². The number of nitrogens with one attached hydrogen (secondary N) is 2. The zero-order valence-corrected chi connectivity index (χ0v) is 13.1. The first-order chi connectivity index (χ1) is 10.5. The predicted octanol–water partition coefficient (Wildman–Crippen LogP) is 2.19. The highest BCUT2D eigenvalue weighted by Gasteiger charge is 2.12. The Morgan fingerprint density at radius 3 is 2.68 bits per heavy atom. The second-order valence-electron chi connectivity index (χ2n) is 5.54. The average molecular weight is 299 g/mol. The summed E-state index contributed by atoms with van der Waals surface area (Å²) in [6.45, 7) is 5.93. The first-order valence-corrected chi connectivity index (χ1v) is 7.41. The van der Waals surface area contributed by atoms with Crippen LogP contribution in [0.4, 0.5) is 0 Å². The molecule has 2 rings (SSSR count). The molecule has 0 saturated heterocycles. The van der Waals surface area contributed by atoms with E-state index in [9.17, 15) is 9.59 Å². The molecule has 0 atom stereocenters. The molecular weight excluding hydrogens is 278 g/mol. The summed E-state index contributed by atoms with van der Waals surface area (Å²) in [6, 6.07) is 9.62. The average Bonchev–Trinajstić information content (AvgIpc) is 2.45. The summed E-state index contributed by atoms with van der Waals surface area (Å²) >= 11 is 0. The Bertz CT molecular complexity index is 695. The lowest BCUT2D eigenvalue weighted by Crippen LogP contribution is -2.34. The number of carbonyl (C=O) groups excluding carboxylic acids is 2. The molecule has 2 amide bonds. The van der Waals surface area contributed by atoms with Gasteiger partial charge < -0.3 is 10.6 Å². The molecule has 1 aromatic carbocycles. The van der Waals surface area contributed by atoms with Gasteiger partial charge >= 0.3 is 0 Å². The van der Waals surface area contributed by atoms with Crippen molar-refractivity contribution in [3.63, 3.8) is 0 Å². The van der Waals surface area contributed by atoms with Gasteiger partial charge in [-0.25, -0.2) is 0 Å². The lowest BCUT2D eigenvalue weighted by molar-refractivity contribution is -0.121. The molecule has 0 aliphatic carbocycles. The molecule has 0 fully saturated rings. The van der Waals surface area contributed by atoms with Crippen molar-refractivity contribution < 1.29 is 9.59 Å². The van der Waals surface area contributed by atoms with Gasteiger partial charge in [0.15, 0.2) is 0 Å². The molecule has 0 unspecified atom stereocenters. The van der Waals surface area contributed by atoms with Crippen molar-refractivity contribution in [2.24, 2.45) is 0 Å². The highest BCUT2D eigenvalue weighted by molar-refractivity contribution is 5.98. The van der Waals surface area contributed by atoms with Gasteiger partial charge in [0.25, 0.3) is 5.91 Å². The molecule has 5 nitrogen and oxygen atoms in total. The van der Waals surface area contributed by atoms with E-state index in [2.05, 4.69) is 15.6 Å². The molecule has 2 aromatic rings. The maximum absolute atomic E-state index is 12.2. The number of rotatable bonds is 5. The fourth-order valence-corrected chi connectivity index (χ4v) is 2.22. The number of amides is 2. The number of aromatic nitrogens is 1. The summed E-state index contributed by atoms with van der Waals surface area (Å²) in [6.07, 6.45) is 0.268. The van der Waals surface area contributed by atoms with Crippen molar-refractivity contribution >= 4 is 22.7 Å². The highest BCUT2D eigenvalue weighted by Crippen LogP contribution is 2.16. The van der Waals surface area contributed by atoms with Crippen molar-refractivity contribution in [3.05, 3.63) is 41.6 Å². The van der Waals surface area contributed by atoms with Crippen LogP contribution in [0.15, 0.2) is 30.3 Å². The molecule has 0 radical (unpaired) electrons. The molecule has 0 spiro atoms. The molecule has 1 heterocycles. The molecule has 0 aliphatic rings. The second kappa shape index (κ2) is 7.02. The van der Waals surface area contributed by atoms with Crippen LogP contribution < -0.4 is 10.6 Å². The number of aryl methyl sites for hydroxylation is 1. The Kier molecular flexibility index (Phi) is 5.09. The summed E-state index contributed by atoms with van der Waals surface area (Å²) in [7, 11) is 0. The third-order valence-corrected chi connectivity index (χ3v) is 3.25. The van der Waals surface area contributed by atoms with Crippen molar-refractivity contribution in [1.82, 2.24) is 15.6 Å². The highest BCUT2D eigenvalue weighted by atomic mass is 16.2. The third-order valence-electron chi connectivity index (χ3n) is 3.25. The summed E-state index contributed by atoms with van der Waals surface area (Å²) < 4.78 is 0. The predicted molar refractivity (Wildman–Crippen MR) is 86.7 cm³/mol. The second-order valence-corrected chi connectivity index (χ2v) is 5.54. The van der Waals surface area contributed by atoms with Gasteiger partial charge in [0.1, 0.15) is 0 Å². The number of hydrogen-bond acceptors (Lipinski definition) is 3. The van der Waals surface area contributed by atoms with E-state index >= 15 is 0 Å². The van der Waals surface area contributed by atoms with Crippen LogP contribution in [0.25, 0.3) is 10.9 Å². The molecule has 2 N–H and O–H groups in total. The van der Waals surface area contributed by atoms with Gasteiger partial charge in [0, 0.05) is 24.4 Å². The summed E-state index contributed by atoms with van der Waals surface area (Å²) in [5.41, 5.74) is 2.10. The van der Waals surface area contributed by atoms with Crippen LogP contribution in [-0.4, -0.2) is 29.4 Å². The maximum atomic E-state index is 12.2. The van der Waals surface area contributed by atoms with Crippen molar-refractivity contribution in [1.29, 1.82) is 0 Å². The Hall–Kier alpha value is -2.43. The number of hydrogen-bond donors (Lipinski definition) is 2. The minimum absolute atomic E-state index is 0.0661. The number of fused-ring (bicyclic) bond motifs is 1. The Balaban J connectivity index is 2.01. The first-order valence-electron chi connectivity index (χ1n) is 7.41. The monoisotopic (exact) mass is 299 g/mol. The van der Waals surface area contributed by atoms with Crippen LogP contribution in [0.5, 0.6) is 0 Å². The summed E-state index contributed by atoms with van der Waals surface area (Å²) in [5.74, 6) is -0.267. The zero-order chi connectivity index (χ0) is 16.1. The van der Waals surface area contributed by atoms with Crippen LogP contribution in [0.2, 0.25) is 0 Å². The van der Waals surface area contributed by atoms with Gasteiger partial charge in [-0.2, -0.15) is 0 Å². The third kappa shape index (κ3) is 4.04. The molecule has 22 heavy (non-hydrogen) atoms. The largest absolute Gasteiger partial charge is 0.354 e. The SMILES string of the molecule is Cc1nc2ccccc2cc1C(=O)NCCC(=O)NC(C)C. The van der Waals surface area contributed by atoms with Gasteiger partial charge in [-0.15, -0.1) is 0 Å². The van der Waals surface area contributed by atoms with Gasteiger partial charge in [-0.3, -0.25) is 14.6 Å². The van der Waals surface area contributed by atoms with Crippen molar-refractivity contribution in [3.8, 4) is 0 Å². The van der Waals surface area contributed by atoms with E-state index in [-0.39, 0.29) is 24.3 Å². The van der Waals surface area contributed by atoms with E-state index in [0.717, 1.165) is 10.9 Å². The minimum Gasteiger partial charge on any atom is -0.354 e. The topological polar surface area (TPSA) is 71.1 Å². The number of nitrogens with zero attached hydrogens (tertiary/aromatic N) is 1. The molecule has 116 valence electrons. The maximum Gasteiger partial charge on any atom is 0.253 e. The summed E-state index contributed by atoms with van der Waals surface area (Å²) in [4.78, 5) is 28.2. The molecule has 0 saturated carbocycles. The molecule has 0 aliphatic heterocycles. The van der Waals surface area contributed by atoms with E-state index < -0.39 is 0 Å². The molecule has 1 aromatic heterocycles. The Morgan fingerprint density at radius 2 is 1.95 bits per heavy atom. The van der Waals surface area contributed by atoms with Crippen LogP contribution in [0.3, 0.4) is 0 Å². The number of benzene rings is 1. The summed E-state index contributed by atoms with van der Waals surface area (Å²) in [5, 5.41) is 6.48. The van der Waals surface area contributed by atoms with Crippen LogP contribution >= 0.6 is 0 Å². The smallest absolute Gasteiger partial charge is 0.253 e. The Labute approximate surface area is 130 Å². The lowest BCUT2D eigenvalue weighted by Gasteiger charge is -2.10. The number of pyridine rings is 1. The molecule has 5 heteroatoms. The van der Waals surface area contributed by atoms with E-state index in [4.69, 9.17) is 0 Å².